The molecule has 0 fully saturated rings. The fourth-order valence-corrected chi connectivity index (χ4v) is 1.95. The van der Waals surface area contributed by atoms with Crippen LogP contribution in [-0.2, 0) is 11.0 Å². The molecule has 1 aromatic carbocycles. The normalized spacial score (nSPS) is 11.8. The number of anilines is 1. The minimum absolute atomic E-state index is 0.0233. The Morgan fingerprint density at radius 2 is 1.92 bits per heavy atom. The molecule has 2 N–H and O–H groups in total. The standard InChI is InChI=1S/C17H15F3N4O2/c1-11(23-24-16(26)14-7-2-3-8-21-14)9-15(25)22-13-6-4-5-12(10-13)17(18,19)20/h2-8,10H,9H2,1H3,(H,22,25)(H,24,26). The van der Waals surface area contributed by atoms with Gasteiger partial charge in [0.25, 0.3) is 5.91 Å². The number of aromatic nitrogens is 1. The second kappa shape index (κ2) is 8.24. The molecule has 0 saturated heterocycles. The van der Waals surface area contributed by atoms with Crippen LogP contribution in [0.5, 0.6) is 0 Å². The van der Waals surface area contributed by atoms with E-state index in [1.54, 1.807) is 12.1 Å². The first-order valence-corrected chi connectivity index (χ1v) is 7.47. The molecule has 0 aliphatic heterocycles. The van der Waals surface area contributed by atoms with Crippen LogP contribution in [0.3, 0.4) is 0 Å². The van der Waals surface area contributed by atoms with Gasteiger partial charge in [0.2, 0.25) is 5.91 Å². The summed E-state index contributed by atoms with van der Waals surface area (Å²) >= 11 is 0. The summed E-state index contributed by atoms with van der Waals surface area (Å²) in [6.07, 6.45) is -3.24. The van der Waals surface area contributed by atoms with E-state index < -0.39 is 23.6 Å². The van der Waals surface area contributed by atoms with Gasteiger partial charge in [-0.25, -0.2) is 5.43 Å². The number of alkyl halides is 3. The van der Waals surface area contributed by atoms with Gasteiger partial charge in [0.05, 0.1) is 12.0 Å². The molecule has 0 saturated carbocycles. The molecule has 1 heterocycles. The number of rotatable bonds is 5. The summed E-state index contributed by atoms with van der Waals surface area (Å²) in [7, 11) is 0. The number of carbonyl (C=O) groups excluding carboxylic acids is 2. The third-order valence-corrected chi connectivity index (χ3v) is 3.14. The van der Waals surface area contributed by atoms with Crippen LogP contribution in [0, 0.1) is 0 Å². The Labute approximate surface area is 147 Å². The van der Waals surface area contributed by atoms with Gasteiger partial charge < -0.3 is 5.32 Å². The van der Waals surface area contributed by atoms with E-state index in [2.05, 4.69) is 20.8 Å². The van der Waals surface area contributed by atoms with Crippen molar-refractivity contribution in [2.24, 2.45) is 5.10 Å². The lowest BCUT2D eigenvalue weighted by Crippen LogP contribution is -2.22. The Kier molecular flexibility index (Phi) is 6.05. The summed E-state index contributed by atoms with van der Waals surface area (Å²) in [5.74, 6) is -1.10. The van der Waals surface area contributed by atoms with Gasteiger partial charge in [-0.15, -0.1) is 0 Å². The van der Waals surface area contributed by atoms with E-state index >= 15 is 0 Å². The largest absolute Gasteiger partial charge is 0.416 e. The molecular weight excluding hydrogens is 349 g/mol. The lowest BCUT2D eigenvalue weighted by molar-refractivity contribution is -0.137. The Morgan fingerprint density at radius 3 is 2.58 bits per heavy atom. The third kappa shape index (κ3) is 5.69. The molecule has 0 bridgehead atoms. The average molecular weight is 364 g/mol. The Balaban J connectivity index is 1.92. The van der Waals surface area contributed by atoms with Gasteiger partial charge in [-0.05, 0) is 37.3 Å². The topological polar surface area (TPSA) is 83.5 Å². The summed E-state index contributed by atoms with van der Waals surface area (Å²) < 4.78 is 38.0. The second-order valence-corrected chi connectivity index (χ2v) is 5.31. The highest BCUT2D eigenvalue weighted by atomic mass is 19.4. The van der Waals surface area contributed by atoms with E-state index in [4.69, 9.17) is 0 Å². The Hall–Kier alpha value is -3.23. The first kappa shape index (κ1) is 19.1. The van der Waals surface area contributed by atoms with Crippen LogP contribution in [0.25, 0.3) is 0 Å². The van der Waals surface area contributed by atoms with E-state index in [0.29, 0.717) is 0 Å². The van der Waals surface area contributed by atoms with Gasteiger partial charge in [0, 0.05) is 17.6 Å². The maximum absolute atomic E-state index is 12.7. The number of amides is 2. The number of nitrogens with one attached hydrogen (secondary N) is 2. The first-order chi connectivity index (χ1) is 12.3. The van der Waals surface area contributed by atoms with Crippen LogP contribution in [0.1, 0.15) is 29.4 Å². The van der Waals surface area contributed by atoms with Crippen molar-refractivity contribution < 1.29 is 22.8 Å². The fourth-order valence-electron chi connectivity index (χ4n) is 1.95. The molecular formula is C17H15F3N4O2. The lowest BCUT2D eigenvalue weighted by atomic mass is 10.2. The zero-order valence-corrected chi connectivity index (χ0v) is 13.7. The van der Waals surface area contributed by atoms with Crippen molar-refractivity contribution in [3.8, 4) is 0 Å². The monoisotopic (exact) mass is 364 g/mol. The molecule has 136 valence electrons. The zero-order chi connectivity index (χ0) is 19.2. The van der Waals surface area contributed by atoms with Crippen molar-refractivity contribution in [1.29, 1.82) is 0 Å². The SMILES string of the molecule is CC(CC(=O)Nc1cccc(C(F)(F)F)c1)=NNC(=O)c1ccccn1. The van der Waals surface area contributed by atoms with Crippen molar-refractivity contribution in [1.82, 2.24) is 10.4 Å². The number of hydrogen-bond acceptors (Lipinski definition) is 4. The van der Waals surface area contributed by atoms with Crippen LogP contribution < -0.4 is 10.7 Å². The average Bonchev–Trinajstić information content (AvgIpc) is 2.60. The Morgan fingerprint density at radius 1 is 1.15 bits per heavy atom. The van der Waals surface area contributed by atoms with Crippen molar-refractivity contribution in [2.75, 3.05) is 5.32 Å². The second-order valence-electron chi connectivity index (χ2n) is 5.31. The van der Waals surface area contributed by atoms with Crippen LogP contribution in [-0.4, -0.2) is 22.5 Å². The van der Waals surface area contributed by atoms with Gasteiger partial charge in [-0.1, -0.05) is 12.1 Å². The van der Waals surface area contributed by atoms with Crippen LogP contribution in [0.15, 0.2) is 53.8 Å². The minimum atomic E-state index is -4.49. The first-order valence-electron chi connectivity index (χ1n) is 7.47. The van der Waals surface area contributed by atoms with Crippen molar-refractivity contribution in [3.63, 3.8) is 0 Å². The van der Waals surface area contributed by atoms with Crippen LogP contribution in [0.4, 0.5) is 18.9 Å². The quantitative estimate of drug-likeness (QED) is 0.631. The summed E-state index contributed by atoms with van der Waals surface area (Å²) in [5, 5.41) is 6.13. The number of benzene rings is 1. The summed E-state index contributed by atoms with van der Waals surface area (Å²) in [4.78, 5) is 27.5. The number of carbonyl (C=O) groups is 2. The predicted molar refractivity (Wildman–Crippen MR) is 89.5 cm³/mol. The number of hydrazone groups is 1. The van der Waals surface area contributed by atoms with Crippen LogP contribution in [0.2, 0.25) is 0 Å². The van der Waals surface area contributed by atoms with E-state index in [0.717, 1.165) is 12.1 Å². The summed E-state index contributed by atoms with van der Waals surface area (Å²) in [5.41, 5.74) is 1.86. The highest BCUT2D eigenvalue weighted by Crippen LogP contribution is 2.30. The molecule has 2 rings (SSSR count). The molecule has 9 heteroatoms. The van der Waals surface area contributed by atoms with E-state index in [-0.39, 0.29) is 23.5 Å². The minimum Gasteiger partial charge on any atom is -0.326 e. The lowest BCUT2D eigenvalue weighted by Gasteiger charge is -2.10. The van der Waals surface area contributed by atoms with Gasteiger partial charge in [0.1, 0.15) is 5.69 Å². The van der Waals surface area contributed by atoms with Crippen LogP contribution >= 0.6 is 0 Å². The zero-order valence-electron chi connectivity index (χ0n) is 13.7. The van der Waals surface area contributed by atoms with E-state index in [9.17, 15) is 22.8 Å². The number of halogens is 3. The smallest absolute Gasteiger partial charge is 0.326 e. The molecule has 0 unspecified atom stereocenters. The molecule has 2 aromatic rings. The predicted octanol–water partition coefficient (Wildman–Crippen LogP) is 3.23. The number of pyridine rings is 1. The summed E-state index contributed by atoms with van der Waals surface area (Å²) in [6, 6.07) is 9.10. The molecule has 1 aromatic heterocycles. The molecule has 26 heavy (non-hydrogen) atoms. The molecule has 2 amide bonds. The molecule has 0 aliphatic carbocycles. The van der Waals surface area contributed by atoms with Gasteiger partial charge >= 0.3 is 6.18 Å². The highest BCUT2D eigenvalue weighted by Gasteiger charge is 2.30. The molecule has 0 radical (unpaired) electrons. The van der Waals surface area contributed by atoms with E-state index in [1.165, 1.54) is 31.3 Å². The third-order valence-electron chi connectivity index (χ3n) is 3.14. The van der Waals surface area contributed by atoms with Gasteiger partial charge in [-0.2, -0.15) is 18.3 Å². The fraction of sp³-hybridized carbons (Fsp3) is 0.176. The van der Waals surface area contributed by atoms with Gasteiger partial charge in [0.15, 0.2) is 0 Å². The van der Waals surface area contributed by atoms with E-state index in [1.807, 2.05) is 0 Å². The van der Waals surface area contributed by atoms with Crippen molar-refractivity contribution in [3.05, 3.63) is 59.9 Å². The molecule has 6 nitrogen and oxygen atoms in total. The summed E-state index contributed by atoms with van der Waals surface area (Å²) in [6.45, 7) is 1.50. The Bertz CT molecular complexity index is 820. The van der Waals surface area contributed by atoms with Gasteiger partial charge in [-0.3, -0.25) is 14.6 Å². The maximum Gasteiger partial charge on any atom is 0.416 e. The highest BCUT2D eigenvalue weighted by molar-refractivity contribution is 6.06. The molecule has 0 aliphatic rings. The van der Waals surface area contributed by atoms with Crippen molar-refractivity contribution in [2.45, 2.75) is 19.5 Å². The molecule has 0 spiro atoms. The van der Waals surface area contributed by atoms with Crippen molar-refractivity contribution >= 4 is 23.2 Å². The maximum atomic E-state index is 12.7. The number of nitrogens with zero attached hydrogens (tertiary/aromatic N) is 2. The molecule has 0 atom stereocenters. The number of hydrogen-bond donors (Lipinski definition) is 2.